The lowest BCUT2D eigenvalue weighted by molar-refractivity contribution is 0.104. The number of anilines is 1. The number of pyridine rings is 1. The maximum atomic E-state index is 13.3. The average Bonchev–Trinajstić information content (AvgIpc) is 2.69. The van der Waals surface area contributed by atoms with Gasteiger partial charge in [-0.15, -0.1) is 0 Å². The van der Waals surface area contributed by atoms with Gasteiger partial charge >= 0.3 is 0 Å². The fourth-order valence-corrected chi connectivity index (χ4v) is 3.28. The van der Waals surface area contributed by atoms with Crippen molar-refractivity contribution in [2.45, 2.75) is 0 Å². The van der Waals surface area contributed by atoms with E-state index in [0.29, 0.717) is 22.5 Å². The summed E-state index contributed by atoms with van der Waals surface area (Å²) in [5.74, 6) is -0.132. The first-order valence-corrected chi connectivity index (χ1v) is 8.98. The van der Waals surface area contributed by atoms with Crippen LogP contribution in [0.5, 0.6) is 0 Å². The van der Waals surface area contributed by atoms with E-state index >= 15 is 0 Å². The Labute approximate surface area is 159 Å². The topological polar surface area (TPSA) is 56.0 Å². The van der Waals surface area contributed by atoms with Crippen LogP contribution in [0.15, 0.2) is 83.3 Å². The average molecular weight is 403 g/mol. The summed E-state index contributed by atoms with van der Waals surface area (Å²) in [6, 6.07) is 24.6. The molecule has 3 nitrogen and oxygen atoms in total. The molecule has 26 heavy (non-hydrogen) atoms. The number of fused-ring (bicyclic) bond motifs is 1. The van der Waals surface area contributed by atoms with Gasteiger partial charge in [0.2, 0.25) is 0 Å². The Hall–Kier alpha value is -2.98. The van der Waals surface area contributed by atoms with E-state index in [9.17, 15) is 4.79 Å². The first-order valence-electron chi connectivity index (χ1n) is 8.19. The molecule has 0 spiro atoms. The summed E-state index contributed by atoms with van der Waals surface area (Å²) in [6.07, 6.45) is 0. The molecule has 126 valence electrons. The number of halogens is 1. The minimum Gasteiger partial charge on any atom is -0.398 e. The highest BCUT2D eigenvalue weighted by Gasteiger charge is 2.21. The zero-order valence-corrected chi connectivity index (χ0v) is 15.4. The third kappa shape index (κ3) is 2.89. The standard InChI is InChI=1S/C22H15BrN2O/c23-16-12-10-15(11-13-16)22(26)19-20(24)17-8-4-5-9-18(17)25-21(19)14-6-2-1-3-7-14/h1-13H,(H2,24,25). The van der Waals surface area contributed by atoms with Crippen molar-refractivity contribution in [2.75, 3.05) is 5.73 Å². The van der Waals surface area contributed by atoms with Crippen molar-refractivity contribution in [3.8, 4) is 11.3 Å². The molecule has 0 bridgehead atoms. The van der Waals surface area contributed by atoms with Crippen LogP contribution < -0.4 is 5.73 Å². The first-order chi connectivity index (χ1) is 12.6. The first kappa shape index (κ1) is 16.5. The Morgan fingerprint density at radius 3 is 2.23 bits per heavy atom. The minimum atomic E-state index is -0.132. The summed E-state index contributed by atoms with van der Waals surface area (Å²) in [5, 5.41) is 0.785. The maximum absolute atomic E-state index is 13.3. The molecule has 2 N–H and O–H groups in total. The van der Waals surface area contributed by atoms with Crippen molar-refractivity contribution >= 4 is 38.3 Å². The highest BCUT2D eigenvalue weighted by molar-refractivity contribution is 9.10. The Balaban J connectivity index is 2.01. The van der Waals surface area contributed by atoms with Crippen molar-refractivity contribution < 1.29 is 4.79 Å². The summed E-state index contributed by atoms with van der Waals surface area (Å²) >= 11 is 3.40. The number of hydrogen-bond donors (Lipinski definition) is 1. The number of rotatable bonds is 3. The van der Waals surface area contributed by atoms with Crippen LogP contribution >= 0.6 is 15.9 Å². The number of para-hydroxylation sites is 1. The molecule has 4 aromatic rings. The fourth-order valence-electron chi connectivity index (χ4n) is 3.02. The highest BCUT2D eigenvalue weighted by atomic mass is 79.9. The monoisotopic (exact) mass is 402 g/mol. The number of carbonyl (C=O) groups is 1. The summed E-state index contributed by atoms with van der Waals surface area (Å²) in [5.41, 5.74) is 10.2. The summed E-state index contributed by atoms with van der Waals surface area (Å²) in [6.45, 7) is 0. The molecular formula is C22H15BrN2O. The Kier molecular flexibility index (Phi) is 4.27. The highest BCUT2D eigenvalue weighted by Crippen LogP contribution is 2.33. The lowest BCUT2D eigenvalue weighted by Gasteiger charge is -2.14. The Morgan fingerprint density at radius 1 is 0.846 bits per heavy atom. The van der Waals surface area contributed by atoms with E-state index in [4.69, 9.17) is 10.7 Å². The van der Waals surface area contributed by atoms with Gasteiger partial charge in [-0.1, -0.05) is 64.5 Å². The Bertz CT molecular complexity index is 1110. The molecular weight excluding hydrogens is 388 g/mol. The van der Waals surface area contributed by atoms with Crippen molar-refractivity contribution in [1.82, 2.24) is 4.98 Å². The van der Waals surface area contributed by atoms with E-state index in [1.165, 1.54) is 0 Å². The van der Waals surface area contributed by atoms with Crippen molar-refractivity contribution in [3.05, 3.63) is 94.5 Å². The lowest BCUT2D eigenvalue weighted by Crippen LogP contribution is -2.10. The quantitative estimate of drug-likeness (QED) is 0.461. The summed E-state index contributed by atoms with van der Waals surface area (Å²) < 4.78 is 0.918. The van der Waals surface area contributed by atoms with Crippen molar-refractivity contribution in [2.24, 2.45) is 0 Å². The van der Waals surface area contributed by atoms with Gasteiger partial charge in [-0.25, -0.2) is 4.98 Å². The minimum absolute atomic E-state index is 0.132. The van der Waals surface area contributed by atoms with E-state index in [0.717, 1.165) is 20.9 Å². The Morgan fingerprint density at radius 2 is 1.50 bits per heavy atom. The van der Waals surface area contributed by atoms with E-state index in [-0.39, 0.29) is 5.78 Å². The van der Waals surface area contributed by atoms with Gasteiger partial charge in [0, 0.05) is 21.0 Å². The van der Waals surface area contributed by atoms with Gasteiger partial charge < -0.3 is 5.73 Å². The van der Waals surface area contributed by atoms with Gasteiger partial charge in [0.1, 0.15) is 0 Å². The van der Waals surface area contributed by atoms with Crippen LogP contribution in [-0.2, 0) is 0 Å². The van der Waals surface area contributed by atoms with Crippen molar-refractivity contribution in [1.29, 1.82) is 0 Å². The third-order valence-corrected chi connectivity index (χ3v) is 4.84. The van der Waals surface area contributed by atoms with Gasteiger partial charge in [0.05, 0.1) is 22.5 Å². The molecule has 0 aliphatic heterocycles. The van der Waals surface area contributed by atoms with E-state index in [2.05, 4.69) is 15.9 Å². The third-order valence-electron chi connectivity index (χ3n) is 4.31. The number of aromatic nitrogens is 1. The second-order valence-electron chi connectivity index (χ2n) is 5.97. The number of carbonyl (C=O) groups excluding carboxylic acids is 1. The van der Waals surface area contributed by atoms with E-state index in [1.807, 2.05) is 66.7 Å². The van der Waals surface area contributed by atoms with Gasteiger partial charge in [0.15, 0.2) is 5.78 Å². The van der Waals surface area contributed by atoms with Gasteiger partial charge in [0.25, 0.3) is 0 Å². The van der Waals surface area contributed by atoms with Gasteiger partial charge in [-0.2, -0.15) is 0 Å². The lowest BCUT2D eigenvalue weighted by atomic mass is 9.94. The molecule has 0 aliphatic carbocycles. The molecule has 0 amide bonds. The molecule has 3 aromatic carbocycles. The maximum Gasteiger partial charge on any atom is 0.197 e. The second kappa shape index (κ2) is 6.73. The normalized spacial score (nSPS) is 10.8. The van der Waals surface area contributed by atoms with Crippen LogP contribution in [0.3, 0.4) is 0 Å². The van der Waals surface area contributed by atoms with Crippen molar-refractivity contribution in [3.63, 3.8) is 0 Å². The predicted octanol–water partition coefficient (Wildman–Crippen LogP) is 5.48. The molecule has 0 fully saturated rings. The smallest absolute Gasteiger partial charge is 0.197 e. The number of benzene rings is 3. The molecule has 0 atom stereocenters. The van der Waals surface area contributed by atoms with Crippen LogP contribution in [0, 0.1) is 0 Å². The molecule has 0 radical (unpaired) electrons. The molecule has 0 saturated carbocycles. The number of nitrogens with two attached hydrogens (primary N) is 1. The largest absolute Gasteiger partial charge is 0.398 e. The number of ketones is 1. The zero-order chi connectivity index (χ0) is 18.1. The summed E-state index contributed by atoms with van der Waals surface area (Å²) in [7, 11) is 0. The molecule has 1 aromatic heterocycles. The van der Waals surface area contributed by atoms with Crippen LogP contribution in [0.25, 0.3) is 22.2 Å². The zero-order valence-electron chi connectivity index (χ0n) is 13.8. The van der Waals surface area contributed by atoms with Gasteiger partial charge in [-0.3, -0.25) is 4.79 Å². The van der Waals surface area contributed by atoms with Crippen LogP contribution in [0.1, 0.15) is 15.9 Å². The molecule has 4 rings (SSSR count). The van der Waals surface area contributed by atoms with Crippen LogP contribution in [0.4, 0.5) is 5.69 Å². The SMILES string of the molecule is Nc1c(C(=O)c2ccc(Br)cc2)c(-c2ccccc2)nc2ccccc12. The van der Waals surface area contributed by atoms with E-state index in [1.54, 1.807) is 12.1 Å². The molecule has 0 unspecified atom stereocenters. The second-order valence-corrected chi connectivity index (χ2v) is 6.88. The predicted molar refractivity (Wildman–Crippen MR) is 109 cm³/mol. The molecule has 4 heteroatoms. The molecule has 0 saturated heterocycles. The van der Waals surface area contributed by atoms with Gasteiger partial charge in [-0.05, 0) is 30.3 Å². The molecule has 1 heterocycles. The summed E-state index contributed by atoms with van der Waals surface area (Å²) in [4.78, 5) is 18.0. The van der Waals surface area contributed by atoms with Crippen LogP contribution in [0.2, 0.25) is 0 Å². The van der Waals surface area contributed by atoms with E-state index < -0.39 is 0 Å². The number of nitrogens with zero attached hydrogens (tertiary/aromatic N) is 1. The fraction of sp³-hybridized carbons (Fsp3) is 0. The molecule has 0 aliphatic rings. The number of nitrogen functional groups attached to an aromatic ring is 1. The van der Waals surface area contributed by atoms with Crippen LogP contribution in [-0.4, -0.2) is 10.8 Å². The number of hydrogen-bond acceptors (Lipinski definition) is 3.